The Morgan fingerprint density at radius 1 is 1.32 bits per heavy atom. The van der Waals surface area contributed by atoms with E-state index in [9.17, 15) is 9.59 Å². The van der Waals surface area contributed by atoms with E-state index in [2.05, 4.69) is 5.32 Å². The van der Waals surface area contributed by atoms with Gasteiger partial charge < -0.3 is 15.2 Å². The van der Waals surface area contributed by atoms with Crippen LogP contribution in [0.25, 0.3) is 0 Å². The van der Waals surface area contributed by atoms with E-state index >= 15 is 0 Å². The molecular weight excluding hydrogens is 246 g/mol. The Morgan fingerprint density at radius 2 is 1.95 bits per heavy atom. The number of hydrogen-bond donors (Lipinski definition) is 2. The second-order valence-electron chi connectivity index (χ2n) is 4.25. The zero-order valence-corrected chi connectivity index (χ0v) is 11.2. The van der Waals surface area contributed by atoms with Crippen molar-refractivity contribution in [3.05, 3.63) is 29.8 Å². The topological polar surface area (TPSA) is 75.6 Å². The van der Waals surface area contributed by atoms with Crippen LogP contribution < -0.4 is 10.1 Å². The molecule has 0 aliphatic rings. The first kappa shape index (κ1) is 15.0. The van der Waals surface area contributed by atoms with Crippen LogP contribution in [0.2, 0.25) is 0 Å². The fourth-order valence-electron chi connectivity index (χ4n) is 1.84. The van der Waals surface area contributed by atoms with Crippen LogP contribution in [0.4, 0.5) is 0 Å². The third kappa shape index (κ3) is 4.99. The molecule has 0 aliphatic carbocycles. The molecule has 0 radical (unpaired) electrons. The van der Waals surface area contributed by atoms with E-state index in [-0.39, 0.29) is 24.8 Å². The van der Waals surface area contributed by atoms with Gasteiger partial charge in [-0.25, -0.2) is 0 Å². The molecule has 0 aromatic heterocycles. The summed E-state index contributed by atoms with van der Waals surface area (Å²) in [5, 5.41) is 10.9. The molecule has 1 aromatic rings. The van der Waals surface area contributed by atoms with Crippen molar-refractivity contribution in [3.8, 4) is 5.75 Å². The summed E-state index contributed by atoms with van der Waals surface area (Å²) in [5.74, 6) is -0.426. The summed E-state index contributed by atoms with van der Waals surface area (Å²) < 4.78 is 5.08. The number of carbonyl (C=O) groups excluding carboxylic acids is 1. The van der Waals surface area contributed by atoms with Gasteiger partial charge in [0.2, 0.25) is 5.91 Å². The van der Waals surface area contributed by atoms with Gasteiger partial charge in [-0.05, 0) is 30.0 Å². The number of carbonyl (C=O) groups is 2. The number of amides is 1. The van der Waals surface area contributed by atoms with Crippen molar-refractivity contribution < 1.29 is 19.4 Å². The summed E-state index contributed by atoms with van der Waals surface area (Å²) in [6.07, 6.45) is 1.10. The predicted octanol–water partition coefficient (Wildman–Crippen LogP) is 1.78. The Labute approximate surface area is 112 Å². The summed E-state index contributed by atoms with van der Waals surface area (Å²) in [4.78, 5) is 22.0. The van der Waals surface area contributed by atoms with Crippen LogP contribution >= 0.6 is 0 Å². The van der Waals surface area contributed by atoms with Gasteiger partial charge in [-0.15, -0.1) is 0 Å². The number of ether oxygens (including phenoxy) is 1. The van der Waals surface area contributed by atoms with Crippen molar-refractivity contribution in [2.24, 2.45) is 0 Å². The highest BCUT2D eigenvalue weighted by atomic mass is 16.5. The first-order valence-corrected chi connectivity index (χ1v) is 6.19. The molecule has 1 atom stereocenters. The van der Waals surface area contributed by atoms with Crippen molar-refractivity contribution in [1.29, 1.82) is 0 Å². The van der Waals surface area contributed by atoms with Crippen LogP contribution in [0.3, 0.4) is 0 Å². The summed E-state index contributed by atoms with van der Waals surface area (Å²) in [7, 11) is 1.60. The second-order valence-corrected chi connectivity index (χ2v) is 4.25. The number of rotatable bonds is 7. The van der Waals surface area contributed by atoms with E-state index < -0.39 is 5.97 Å². The lowest BCUT2D eigenvalue weighted by Gasteiger charge is -2.15. The van der Waals surface area contributed by atoms with Gasteiger partial charge in [0, 0.05) is 6.42 Å². The van der Waals surface area contributed by atoms with Gasteiger partial charge in [0.05, 0.1) is 7.11 Å². The highest BCUT2D eigenvalue weighted by Gasteiger charge is 2.14. The molecule has 1 unspecified atom stereocenters. The molecule has 0 heterocycles. The maximum atomic E-state index is 11.6. The molecule has 1 aromatic carbocycles. The van der Waals surface area contributed by atoms with Crippen LogP contribution in [-0.2, 0) is 9.59 Å². The van der Waals surface area contributed by atoms with Gasteiger partial charge in [0.15, 0.2) is 0 Å². The number of methoxy groups -OCH3 is 1. The smallest absolute Gasteiger partial charge is 0.322 e. The first-order valence-electron chi connectivity index (χ1n) is 6.19. The van der Waals surface area contributed by atoms with E-state index in [1.165, 1.54) is 0 Å². The maximum absolute atomic E-state index is 11.6. The monoisotopic (exact) mass is 265 g/mol. The normalized spacial score (nSPS) is 11.7. The number of aliphatic carboxylic acids is 1. The minimum absolute atomic E-state index is 0.0831. The zero-order valence-electron chi connectivity index (χ0n) is 11.2. The predicted molar refractivity (Wildman–Crippen MR) is 71.3 cm³/mol. The molecule has 0 bridgehead atoms. The average Bonchev–Trinajstić information content (AvgIpc) is 2.42. The minimum atomic E-state index is -1.04. The van der Waals surface area contributed by atoms with Gasteiger partial charge in [-0.3, -0.25) is 9.59 Å². The van der Waals surface area contributed by atoms with Crippen molar-refractivity contribution in [1.82, 2.24) is 5.32 Å². The lowest BCUT2D eigenvalue weighted by Crippen LogP contribution is -2.30. The first-order chi connectivity index (χ1) is 9.06. The van der Waals surface area contributed by atoms with Gasteiger partial charge in [-0.1, -0.05) is 19.1 Å². The summed E-state index contributed by atoms with van der Waals surface area (Å²) in [5.41, 5.74) is 1.05. The second kappa shape index (κ2) is 7.41. The van der Waals surface area contributed by atoms with Crippen molar-refractivity contribution in [2.75, 3.05) is 13.7 Å². The quantitative estimate of drug-likeness (QED) is 0.788. The number of benzene rings is 1. The molecule has 0 saturated heterocycles. The van der Waals surface area contributed by atoms with Gasteiger partial charge in [-0.2, -0.15) is 0 Å². The molecule has 5 nitrogen and oxygen atoms in total. The molecular formula is C14H19NO4. The molecule has 2 N–H and O–H groups in total. The summed E-state index contributed by atoms with van der Waals surface area (Å²) in [6, 6.07) is 7.56. The van der Waals surface area contributed by atoms with E-state index in [1.54, 1.807) is 7.11 Å². The number of nitrogens with one attached hydrogen (secondary N) is 1. The molecule has 0 fully saturated rings. The summed E-state index contributed by atoms with van der Waals surface area (Å²) in [6.45, 7) is 1.66. The van der Waals surface area contributed by atoms with E-state index in [4.69, 9.17) is 9.84 Å². The molecule has 1 rings (SSSR count). The SMILES string of the molecule is CCC(CC(=O)NCC(=O)O)c1ccc(OC)cc1. The Morgan fingerprint density at radius 3 is 2.42 bits per heavy atom. The summed E-state index contributed by atoms with van der Waals surface area (Å²) >= 11 is 0. The molecule has 0 saturated carbocycles. The molecule has 104 valence electrons. The largest absolute Gasteiger partial charge is 0.497 e. The maximum Gasteiger partial charge on any atom is 0.322 e. The average molecular weight is 265 g/mol. The lowest BCUT2D eigenvalue weighted by molar-refractivity contribution is -0.138. The standard InChI is InChI=1S/C14H19NO4/c1-3-10(8-13(16)15-9-14(17)18)11-4-6-12(19-2)7-5-11/h4-7,10H,3,8-9H2,1-2H3,(H,15,16)(H,17,18). The fraction of sp³-hybridized carbons (Fsp3) is 0.429. The van der Waals surface area contributed by atoms with Crippen LogP contribution in [0.5, 0.6) is 5.75 Å². The Balaban J connectivity index is 2.61. The molecule has 5 heteroatoms. The van der Waals surface area contributed by atoms with Crippen molar-refractivity contribution in [2.45, 2.75) is 25.7 Å². The van der Waals surface area contributed by atoms with Crippen molar-refractivity contribution >= 4 is 11.9 Å². The molecule has 19 heavy (non-hydrogen) atoms. The Bertz CT molecular complexity index is 428. The van der Waals surface area contributed by atoms with E-state index in [0.717, 1.165) is 17.7 Å². The minimum Gasteiger partial charge on any atom is -0.497 e. The van der Waals surface area contributed by atoms with E-state index in [0.29, 0.717) is 0 Å². The van der Waals surface area contributed by atoms with Crippen LogP contribution in [-0.4, -0.2) is 30.6 Å². The number of hydrogen-bond acceptors (Lipinski definition) is 3. The van der Waals surface area contributed by atoms with Gasteiger partial charge in [0.1, 0.15) is 12.3 Å². The van der Waals surface area contributed by atoms with Crippen LogP contribution in [0.1, 0.15) is 31.2 Å². The highest BCUT2D eigenvalue weighted by Crippen LogP contribution is 2.25. The third-order valence-corrected chi connectivity index (χ3v) is 2.95. The zero-order chi connectivity index (χ0) is 14.3. The molecule has 1 amide bonds. The van der Waals surface area contributed by atoms with Crippen LogP contribution in [0.15, 0.2) is 24.3 Å². The van der Waals surface area contributed by atoms with Gasteiger partial charge >= 0.3 is 5.97 Å². The highest BCUT2D eigenvalue weighted by molar-refractivity contribution is 5.81. The van der Waals surface area contributed by atoms with E-state index in [1.807, 2.05) is 31.2 Å². The number of carboxylic acid groups (broad SMARTS) is 1. The van der Waals surface area contributed by atoms with Crippen molar-refractivity contribution in [3.63, 3.8) is 0 Å². The molecule has 0 spiro atoms. The fourth-order valence-corrected chi connectivity index (χ4v) is 1.84. The molecule has 0 aliphatic heterocycles. The Hall–Kier alpha value is -2.04. The lowest BCUT2D eigenvalue weighted by atomic mass is 9.93. The third-order valence-electron chi connectivity index (χ3n) is 2.95. The Kier molecular flexibility index (Phi) is 5.85. The number of carboxylic acids is 1. The van der Waals surface area contributed by atoms with Crippen LogP contribution in [0, 0.1) is 0 Å². The van der Waals surface area contributed by atoms with Gasteiger partial charge in [0.25, 0.3) is 0 Å².